The lowest BCUT2D eigenvalue weighted by molar-refractivity contribution is -0.141. The zero-order chi connectivity index (χ0) is 18.7. The zero-order valence-corrected chi connectivity index (χ0v) is 16.1. The molecule has 6 heteroatoms. The number of para-hydroxylation sites is 1. The van der Waals surface area contributed by atoms with Crippen LogP contribution in [0.1, 0.15) is 24.1 Å². The average Bonchev–Trinajstić information content (AvgIpc) is 3.11. The second-order valence-electron chi connectivity index (χ2n) is 7.28. The number of hydrogen-bond donors (Lipinski definition) is 0. The van der Waals surface area contributed by atoms with E-state index in [4.69, 9.17) is 4.74 Å². The summed E-state index contributed by atoms with van der Waals surface area (Å²) in [7, 11) is 0. The summed E-state index contributed by atoms with van der Waals surface area (Å²) in [5.41, 5.74) is 0.557. The summed E-state index contributed by atoms with van der Waals surface area (Å²) in [6.45, 7) is 2.11. The van der Waals surface area contributed by atoms with Crippen molar-refractivity contribution in [1.82, 2.24) is 4.90 Å². The molecule has 0 aliphatic carbocycles. The van der Waals surface area contributed by atoms with E-state index < -0.39 is 0 Å². The second-order valence-corrected chi connectivity index (χ2v) is 8.31. The lowest BCUT2D eigenvalue weighted by atomic mass is 9.92. The van der Waals surface area contributed by atoms with E-state index in [-0.39, 0.29) is 24.0 Å². The summed E-state index contributed by atoms with van der Waals surface area (Å²) in [5.74, 6) is 0.183. The Hall–Kier alpha value is -2.18. The van der Waals surface area contributed by atoms with Crippen LogP contribution in [-0.2, 0) is 20.7 Å². The van der Waals surface area contributed by atoms with Gasteiger partial charge < -0.3 is 14.5 Å². The number of carbonyl (C=O) groups excluding carboxylic acids is 2. The van der Waals surface area contributed by atoms with Gasteiger partial charge in [-0.3, -0.25) is 9.59 Å². The molecule has 4 rings (SSSR count). The molecule has 2 amide bonds. The predicted molar refractivity (Wildman–Crippen MR) is 106 cm³/mol. The monoisotopic (exact) mass is 384 g/mol. The minimum atomic E-state index is -0.359. The van der Waals surface area contributed by atoms with Gasteiger partial charge >= 0.3 is 0 Å². The van der Waals surface area contributed by atoms with Crippen molar-refractivity contribution < 1.29 is 14.3 Å². The van der Waals surface area contributed by atoms with Crippen molar-refractivity contribution in [3.05, 3.63) is 52.7 Å². The molecule has 1 unspecified atom stereocenters. The minimum Gasteiger partial charge on any atom is -0.363 e. The Labute approximate surface area is 163 Å². The largest absolute Gasteiger partial charge is 0.363 e. The lowest BCUT2D eigenvalue weighted by Crippen LogP contribution is -2.55. The van der Waals surface area contributed by atoms with Crippen LogP contribution in [0.15, 0.2) is 47.8 Å². The van der Waals surface area contributed by atoms with Crippen LogP contribution in [-0.4, -0.2) is 48.6 Å². The number of likely N-dealkylation sites (tertiary alicyclic amines) is 1. The van der Waals surface area contributed by atoms with Crippen LogP contribution < -0.4 is 4.90 Å². The van der Waals surface area contributed by atoms with Crippen LogP contribution >= 0.6 is 11.3 Å². The number of ether oxygens (including phenoxy) is 1. The summed E-state index contributed by atoms with van der Waals surface area (Å²) in [6, 6.07) is 13.8. The van der Waals surface area contributed by atoms with Crippen LogP contribution in [0.5, 0.6) is 0 Å². The highest BCUT2D eigenvalue weighted by atomic mass is 32.1. The summed E-state index contributed by atoms with van der Waals surface area (Å²) >= 11 is 1.62. The summed E-state index contributed by atoms with van der Waals surface area (Å²) < 4.78 is 6.06. The van der Waals surface area contributed by atoms with Crippen molar-refractivity contribution in [2.45, 2.75) is 31.3 Å². The lowest BCUT2D eigenvalue weighted by Gasteiger charge is -2.42. The predicted octanol–water partition coefficient (Wildman–Crippen LogP) is 3.11. The van der Waals surface area contributed by atoms with Crippen LogP contribution in [0.25, 0.3) is 0 Å². The molecule has 1 aromatic heterocycles. The van der Waals surface area contributed by atoms with E-state index >= 15 is 0 Å². The molecule has 142 valence electrons. The standard InChI is InChI=1S/C21H24N2O3S/c24-19(14-18-8-4-13-27-18)22-11-5-9-21(10-12-22)16-23(20(25)15-26-21)17-6-2-1-3-7-17/h1-4,6-8,13H,5,9-12,14-16H2. The van der Waals surface area contributed by atoms with Crippen LogP contribution in [0.3, 0.4) is 0 Å². The van der Waals surface area contributed by atoms with Crippen molar-refractivity contribution in [2.24, 2.45) is 0 Å². The molecular weight excluding hydrogens is 360 g/mol. The maximum atomic E-state index is 12.7. The van der Waals surface area contributed by atoms with E-state index in [2.05, 4.69) is 0 Å². The fourth-order valence-corrected chi connectivity index (χ4v) is 4.65. The van der Waals surface area contributed by atoms with Gasteiger partial charge in [-0.1, -0.05) is 24.3 Å². The van der Waals surface area contributed by atoms with Gasteiger partial charge in [0.1, 0.15) is 6.61 Å². The summed E-state index contributed by atoms with van der Waals surface area (Å²) in [6.07, 6.45) is 3.00. The molecule has 0 radical (unpaired) electrons. The molecule has 1 atom stereocenters. The number of benzene rings is 1. The Morgan fingerprint density at radius 2 is 1.96 bits per heavy atom. The first-order valence-electron chi connectivity index (χ1n) is 9.45. The number of rotatable bonds is 3. The molecule has 2 aliphatic rings. The number of anilines is 1. The Bertz CT molecular complexity index is 793. The van der Waals surface area contributed by atoms with Gasteiger partial charge in [0.05, 0.1) is 18.6 Å². The first-order valence-corrected chi connectivity index (χ1v) is 10.3. The molecule has 2 aromatic rings. The molecule has 0 saturated carbocycles. The third-order valence-corrected chi connectivity index (χ3v) is 6.35. The molecule has 0 bridgehead atoms. The highest BCUT2D eigenvalue weighted by molar-refractivity contribution is 7.10. The number of morpholine rings is 1. The highest BCUT2D eigenvalue weighted by Crippen LogP contribution is 2.33. The zero-order valence-electron chi connectivity index (χ0n) is 15.3. The molecular formula is C21H24N2O3S. The maximum Gasteiger partial charge on any atom is 0.253 e. The van der Waals surface area contributed by atoms with Crippen LogP contribution in [0, 0.1) is 0 Å². The molecule has 2 fully saturated rings. The first-order chi connectivity index (χ1) is 13.2. The number of amides is 2. The van der Waals surface area contributed by atoms with E-state index in [1.165, 1.54) is 0 Å². The van der Waals surface area contributed by atoms with Crippen molar-refractivity contribution in [2.75, 3.05) is 31.1 Å². The molecule has 1 aromatic carbocycles. The highest BCUT2D eigenvalue weighted by Gasteiger charge is 2.41. The van der Waals surface area contributed by atoms with Crippen molar-refractivity contribution in [1.29, 1.82) is 0 Å². The second kappa shape index (κ2) is 7.82. The van der Waals surface area contributed by atoms with Gasteiger partial charge in [0.15, 0.2) is 0 Å². The van der Waals surface area contributed by atoms with E-state index in [1.54, 1.807) is 11.3 Å². The average molecular weight is 385 g/mol. The summed E-state index contributed by atoms with van der Waals surface area (Å²) in [4.78, 5) is 30.0. The quantitative estimate of drug-likeness (QED) is 0.817. The SMILES string of the molecule is O=C(Cc1cccs1)N1CCCC2(CC1)CN(c1ccccc1)C(=O)CO2. The number of carbonyl (C=O) groups is 2. The van der Waals surface area contributed by atoms with E-state index in [0.717, 1.165) is 36.4 Å². The van der Waals surface area contributed by atoms with E-state index in [0.29, 0.717) is 19.5 Å². The van der Waals surface area contributed by atoms with E-state index in [9.17, 15) is 9.59 Å². The molecule has 2 saturated heterocycles. The molecule has 3 heterocycles. The van der Waals surface area contributed by atoms with Gasteiger partial charge in [0.25, 0.3) is 5.91 Å². The van der Waals surface area contributed by atoms with Gasteiger partial charge in [-0.15, -0.1) is 11.3 Å². The van der Waals surface area contributed by atoms with Crippen molar-refractivity contribution >= 4 is 28.8 Å². The van der Waals surface area contributed by atoms with Gasteiger partial charge in [-0.2, -0.15) is 0 Å². The smallest absolute Gasteiger partial charge is 0.253 e. The third kappa shape index (κ3) is 4.06. The van der Waals surface area contributed by atoms with Gasteiger partial charge in [-0.05, 0) is 42.8 Å². The minimum absolute atomic E-state index is 0.00157. The van der Waals surface area contributed by atoms with Gasteiger partial charge in [0, 0.05) is 23.7 Å². The normalized spacial score (nSPS) is 23.5. The summed E-state index contributed by atoms with van der Waals surface area (Å²) in [5, 5.41) is 2.01. The fraction of sp³-hybridized carbons (Fsp3) is 0.429. The van der Waals surface area contributed by atoms with Crippen molar-refractivity contribution in [3.63, 3.8) is 0 Å². The first kappa shape index (κ1) is 18.2. The van der Waals surface area contributed by atoms with E-state index in [1.807, 2.05) is 57.6 Å². The topological polar surface area (TPSA) is 49.9 Å². The Morgan fingerprint density at radius 1 is 1.11 bits per heavy atom. The van der Waals surface area contributed by atoms with Crippen LogP contribution in [0.2, 0.25) is 0 Å². The molecule has 1 spiro atoms. The number of hydrogen-bond acceptors (Lipinski definition) is 4. The maximum absolute atomic E-state index is 12.7. The van der Waals surface area contributed by atoms with Crippen molar-refractivity contribution in [3.8, 4) is 0 Å². The molecule has 0 N–H and O–H groups in total. The van der Waals surface area contributed by atoms with Gasteiger partial charge in [-0.25, -0.2) is 0 Å². The number of nitrogens with zero attached hydrogens (tertiary/aromatic N) is 2. The Morgan fingerprint density at radius 3 is 2.74 bits per heavy atom. The van der Waals surface area contributed by atoms with Gasteiger partial charge in [0.2, 0.25) is 5.91 Å². The number of thiophene rings is 1. The van der Waals surface area contributed by atoms with Crippen LogP contribution in [0.4, 0.5) is 5.69 Å². The third-order valence-electron chi connectivity index (χ3n) is 5.47. The molecule has 5 nitrogen and oxygen atoms in total. The molecule has 2 aliphatic heterocycles. The fourth-order valence-electron chi connectivity index (χ4n) is 3.95. The molecule has 27 heavy (non-hydrogen) atoms. The Balaban J connectivity index is 1.43. The Kier molecular flexibility index (Phi) is 5.27.